The van der Waals surface area contributed by atoms with E-state index in [1.54, 1.807) is 18.5 Å². The first kappa shape index (κ1) is 13.7. The van der Waals surface area contributed by atoms with Gasteiger partial charge in [0.2, 0.25) is 0 Å². The summed E-state index contributed by atoms with van der Waals surface area (Å²) in [4.78, 5) is 0. The standard InChI is InChI=1S/C11H28OSi3/c1-2-3-4-5-6-7-8-10-15-11-9-12-13-14-15/h15H,2-11,13-14H2,1H3. The Bertz CT molecular complexity index is 138. The summed E-state index contributed by atoms with van der Waals surface area (Å²) in [7, 11) is 0.426. The topological polar surface area (TPSA) is 9.23 Å². The third kappa shape index (κ3) is 7.49. The fourth-order valence-corrected chi connectivity index (χ4v) is 20.8. The van der Waals surface area contributed by atoms with Gasteiger partial charge in [-0.2, -0.15) is 0 Å². The van der Waals surface area contributed by atoms with Gasteiger partial charge in [-0.1, -0.05) is 57.9 Å². The largest absolute Gasteiger partial charge is 0.428 e. The summed E-state index contributed by atoms with van der Waals surface area (Å²) in [5, 5.41) is 0. The first-order valence-corrected chi connectivity index (χ1v) is 16.5. The SMILES string of the molecule is CCCCCCCCC[SiH]1CCO[SiH2][SiH2]1. The monoisotopic (exact) mass is 260 g/mol. The van der Waals surface area contributed by atoms with Crippen LogP contribution in [0.25, 0.3) is 0 Å². The first-order valence-electron chi connectivity index (χ1n) is 7.01. The summed E-state index contributed by atoms with van der Waals surface area (Å²) < 4.78 is 5.61. The van der Waals surface area contributed by atoms with E-state index in [4.69, 9.17) is 4.43 Å². The first-order chi connectivity index (χ1) is 7.43. The third-order valence-corrected chi connectivity index (χ3v) is 23.4. The maximum Gasteiger partial charge on any atom is 0.140 e. The Labute approximate surface area is 101 Å². The zero-order valence-corrected chi connectivity index (χ0v) is 14.5. The molecule has 0 aromatic heterocycles. The molecule has 0 spiro atoms. The van der Waals surface area contributed by atoms with E-state index in [1.165, 1.54) is 45.1 Å². The second-order valence-corrected chi connectivity index (χ2v) is 20.9. The van der Waals surface area contributed by atoms with Gasteiger partial charge in [-0.05, 0) is 6.04 Å². The molecule has 0 N–H and O–H groups in total. The van der Waals surface area contributed by atoms with Gasteiger partial charge in [0.25, 0.3) is 0 Å². The zero-order chi connectivity index (χ0) is 10.8. The van der Waals surface area contributed by atoms with Crippen molar-refractivity contribution in [3.05, 3.63) is 0 Å². The Morgan fingerprint density at radius 3 is 2.47 bits per heavy atom. The van der Waals surface area contributed by atoms with Crippen molar-refractivity contribution in [2.45, 2.75) is 64.0 Å². The van der Waals surface area contributed by atoms with Gasteiger partial charge in [0, 0.05) is 23.5 Å². The summed E-state index contributed by atoms with van der Waals surface area (Å²) in [6, 6.07) is 3.24. The number of unbranched alkanes of at least 4 members (excludes halogenated alkanes) is 6. The van der Waals surface area contributed by atoms with Crippen LogP contribution in [0.15, 0.2) is 0 Å². The summed E-state index contributed by atoms with van der Waals surface area (Å²) in [5.41, 5.74) is 0. The Hall–Kier alpha value is 0.611. The normalized spacial score (nSPS) is 25.0. The van der Waals surface area contributed by atoms with Gasteiger partial charge in [-0.15, -0.1) is 0 Å². The van der Waals surface area contributed by atoms with Gasteiger partial charge < -0.3 is 4.43 Å². The lowest BCUT2D eigenvalue weighted by molar-refractivity contribution is 0.366. The Morgan fingerprint density at radius 1 is 1.07 bits per heavy atom. The minimum absolute atomic E-state index is 0.111. The molecule has 0 aromatic carbocycles. The fourth-order valence-electron chi connectivity index (χ4n) is 2.43. The van der Waals surface area contributed by atoms with Crippen LogP contribution in [0.5, 0.6) is 0 Å². The van der Waals surface area contributed by atoms with E-state index < -0.39 is 0 Å². The van der Waals surface area contributed by atoms with Crippen LogP contribution in [0.4, 0.5) is 0 Å². The molecular formula is C11H28OSi3. The van der Waals surface area contributed by atoms with E-state index in [0.717, 1.165) is 0 Å². The minimum Gasteiger partial charge on any atom is -0.428 e. The van der Waals surface area contributed by atoms with Gasteiger partial charge in [-0.25, -0.2) is 0 Å². The van der Waals surface area contributed by atoms with Gasteiger partial charge in [0.15, 0.2) is 0 Å². The van der Waals surface area contributed by atoms with E-state index in [2.05, 4.69) is 6.92 Å². The van der Waals surface area contributed by atoms with Crippen molar-refractivity contribution >= 4 is 26.1 Å². The van der Waals surface area contributed by atoms with Crippen LogP contribution in [0.2, 0.25) is 12.1 Å². The van der Waals surface area contributed by atoms with Crippen molar-refractivity contribution in [2.75, 3.05) is 6.61 Å². The van der Waals surface area contributed by atoms with Crippen molar-refractivity contribution in [1.82, 2.24) is 0 Å². The van der Waals surface area contributed by atoms with Crippen molar-refractivity contribution in [2.24, 2.45) is 0 Å². The average Bonchev–Trinajstić information content (AvgIpc) is 2.29. The summed E-state index contributed by atoms with van der Waals surface area (Å²) >= 11 is 0. The van der Waals surface area contributed by atoms with Gasteiger partial charge in [-0.3, -0.25) is 0 Å². The van der Waals surface area contributed by atoms with Crippen molar-refractivity contribution in [1.29, 1.82) is 0 Å². The molecule has 90 valence electrons. The second-order valence-electron chi connectivity index (χ2n) is 4.97. The molecule has 1 atom stereocenters. The molecule has 1 aliphatic heterocycles. The van der Waals surface area contributed by atoms with E-state index in [-0.39, 0.29) is 17.6 Å². The van der Waals surface area contributed by atoms with Crippen LogP contribution in [0, 0.1) is 0 Å². The molecule has 15 heavy (non-hydrogen) atoms. The molecule has 1 unspecified atom stereocenters. The maximum atomic E-state index is 5.61. The molecule has 1 aliphatic rings. The van der Waals surface area contributed by atoms with Crippen molar-refractivity contribution in [3.8, 4) is 0 Å². The summed E-state index contributed by atoms with van der Waals surface area (Å²) in [6.07, 6.45) is 10.4. The summed E-state index contributed by atoms with van der Waals surface area (Å²) in [6.45, 7) is 3.47. The molecule has 1 rings (SSSR count). The molecule has 4 heteroatoms. The highest BCUT2D eigenvalue weighted by Crippen LogP contribution is 2.12. The van der Waals surface area contributed by atoms with E-state index in [9.17, 15) is 0 Å². The Balaban J connectivity index is 1.79. The fraction of sp³-hybridized carbons (Fsp3) is 1.00. The van der Waals surface area contributed by atoms with Crippen LogP contribution in [-0.4, -0.2) is 32.8 Å². The van der Waals surface area contributed by atoms with E-state index in [1.807, 2.05) is 0 Å². The molecule has 1 heterocycles. The Kier molecular flexibility index (Phi) is 8.94. The summed E-state index contributed by atoms with van der Waals surface area (Å²) in [5.74, 6) is 0. The zero-order valence-electron chi connectivity index (χ0n) is 10.5. The lowest BCUT2D eigenvalue weighted by Gasteiger charge is -2.19. The molecule has 0 saturated carbocycles. The molecule has 1 nitrogen and oxygen atoms in total. The molecule has 0 radical (unpaired) electrons. The van der Waals surface area contributed by atoms with E-state index >= 15 is 0 Å². The van der Waals surface area contributed by atoms with Crippen LogP contribution >= 0.6 is 0 Å². The molecular weight excluding hydrogens is 232 g/mol. The Morgan fingerprint density at radius 2 is 1.80 bits per heavy atom. The highest BCUT2D eigenvalue weighted by molar-refractivity contribution is 7.35. The lowest BCUT2D eigenvalue weighted by atomic mass is 10.1. The van der Waals surface area contributed by atoms with Crippen LogP contribution in [0.1, 0.15) is 51.9 Å². The molecule has 0 amide bonds. The molecule has 0 bridgehead atoms. The van der Waals surface area contributed by atoms with Crippen molar-refractivity contribution in [3.63, 3.8) is 0 Å². The predicted octanol–water partition coefficient (Wildman–Crippen LogP) is 1.66. The van der Waals surface area contributed by atoms with Crippen LogP contribution < -0.4 is 0 Å². The highest BCUT2D eigenvalue weighted by Gasteiger charge is 2.15. The smallest absolute Gasteiger partial charge is 0.140 e. The molecule has 0 aliphatic carbocycles. The van der Waals surface area contributed by atoms with Crippen LogP contribution in [-0.2, 0) is 4.43 Å². The second kappa shape index (κ2) is 9.81. The third-order valence-electron chi connectivity index (χ3n) is 3.56. The van der Waals surface area contributed by atoms with Crippen LogP contribution in [0.3, 0.4) is 0 Å². The quantitative estimate of drug-likeness (QED) is 0.476. The van der Waals surface area contributed by atoms with Gasteiger partial charge in [0.05, 0.1) is 0 Å². The maximum absolute atomic E-state index is 5.61. The molecule has 1 saturated heterocycles. The van der Waals surface area contributed by atoms with E-state index in [0.29, 0.717) is 8.55 Å². The highest BCUT2D eigenvalue weighted by atomic mass is 29.5. The molecule has 1 fully saturated rings. The van der Waals surface area contributed by atoms with Gasteiger partial charge >= 0.3 is 0 Å². The van der Waals surface area contributed by atoms with Gasteiger partial charge in [0.1, 0.15) is 9.28 Å². The lowest BCUT2D eigenvalue weighted by Crippen LogP contribution is -2.35. The number of hydrogen-bond donors (Lipinski definition) is 0. The average molecular weight is 261 g/mol. The van der Waals surface area contributed by atoms with Crippen molar-refractivity contribution < 1.29 is 4.43 Å². The predicted molar refractivity (Wildman–Crippen MR) is 77.8 cm³/mol. The minimum atomic E-state index is -0.115. The molecule has 0 aromatic rings. The number of rotatable bonds is 8. The number of hydrogen-bond acceptors (Lipinski definition) is 1.